The molecule has 1 aromatic heterocycles. The van der Waals surface area contributed by atoms with Crippen molar-refractivity contribution in [3.63, 3.8) is 0 Å². The number of imide groups is 1. The van der Waals surface area contributed by atoms with Gasteiger partial charge in [0.2, 0.25) is 5.91 Å². The molecule has 0 atom stereocenters. The molecule has 2 rings (SSSR count). The first-order chi connectivity index (χ1) is 13.1. The summed E-state index contributed by atoms with van der Waals surface area (Å²) in [5.41, 5.74) is 0.929. The minimum Gasteiger partial charge on any atom is -0.497 e. The number of benzene rings is 1. The number of thioether (sulfide) groups is 1. The van der Waals surface area contributed by atoms with Gasteiger partial charge in [0.05, 0.1) is 12.9 Å². The van der Waals surface area contributed by atoms with Gasteiger partial charge < -0.3 is 14.6 Å². The fourth-order valence-electron chi connectivity index (χ4n) is 2.36. The minimum atomic E-state index is -0.491. The zero-order valence-electron chi connectivity index (χ0n) is 15.8. The number of urea groups is 1. The number of carbonyl (C=O) groups excluding carboxylic acids is 2. The zero-order valence-corrected chi connectivity index (χ0v) is 16.6. The van der Waals surface area contributed by atoms with Crippen LogP contribution in [-0.2, 0) is 11.3 Å². The van der Waals surface area contributed by atoms with Crippen molar-refractivity contribution in [3.8, 4) is 17.1 Å². The molecule has 0 unspecified atom stereocenters. The van der Waals surface area contributed by atoms with Gasteiger partial charge in [-0.25, -0.2) is 4.79 Å². The Labute approximate surface area is 163 Å². The van der Waals surface area contributed by atoms with Crippen molar-refractivity contribution in [1.82, 2.24) is 25.4 Å². The molecule has 0 fully saturated rings. The molecule has 1 heterocycles. The standard InChI is InChI=1S/C18H25N5O3S/c1-4-6-11-23-16(13-7-9-14(26-3)10-8-13)21-22-18(23)27-12-15(24)20-17(25)19-5-2/h7-10H,4-6,11-12H2,1-3H3,(H2,19,20,24,25). The highest BCUT2D eigenvalue weighted by Crippen LogP contribution is 2.26. The van der Waals surface area contributed by atoms with Crippen molar-refractivity contribution in [2.75, 3.05) is 19.4 Å². The van der Waals surface area contributed by atoms with Gasteiger partial charge in [-0.15, -0.1) is 10.2 Å². The molecule has 2 N–H and O–H groups in total. The van der Waals surface area contributed by atoms with E-state index in [1.165, 1.54) is 11.8 Å². The number of nitrogens with zero attached hydrogens (tertiary/aromatic N) is 3. The number of carbonyl (C=O) groups is 2. The maximum absolute atomic E-state index is 11.9. The molecule has 3 amide bonds. The highest BCUT2D eigenvalue weighted by molar-refractivity contribution is 7.99. The smallest absolute Gasteiger partial charge is 0.321 e. The molecule has 0 bridgehead atoms. The van der Waals surface area contributed by atoms with Crippen LogP contribution < -0.4 is 15.4 Å². The first-order valence-electron chi connectivity index (χ1n) is 8.87. The van der Waals surface area contributed by atoms with Crippen LogP contribution in [0.1, 0.15) is 26.7 Å². The molecule has 0 saturated heterocycles. The third-order valence-corrected chi connectivity index (χ3v) is 4.69. The topological polar surface area (TPSA) is 98.1 Å². The lowest BCUT2D eigenvalue weighted by atomic mass is 10.2. The molecule has 0 aliphatic heterocycles. The van der Waals surface area contributed by atoms with Gasteiger partial charge in [0, 0.05) is 18.7 Å². The van der Waals surface area contributed by atoms with Crippen molar-refractivity contribution in [1.29, 1.82) is 0 Å². The largest absolute Gasteiger partial charge is 0.497 e. The number of hydrogen-bond acceptors (Lipinski definition) is 6. The van der Waals surface area contributed by atoms with Crippen LogP contribution in [0.2, 0.25) is 0 Å². The van der Waals surface area contributed by atoms with Crippen molar-refractivity contribution in [2.45, 2.75) is 38.4 Å². The van der Waals surface area contributed by atoms with E-state index in [2.05, 4.69) is 27.8 Å². The van der Waals surface area contributed by atoms with E-state index < -0.39 is 6.03 Å². The average molecular weight is 391 g/mol. The van der Waals surface area contributed by atoms with E-state index in [1.807, 2.05) is 28.8 Å². The summed E-state index contributed by atoms with van der Waals surface area (Å²) in [4.78, 5) is 23.3. The molecular weight excluding hydrogens is 366 g/mol. The van der Waals surface area contributed by atoms with Crippen LogP contribution in [0.3, 0.4) is 0 Å². The molecule has 8 nitrogen and oxygen atoms in total. The van der Waals surface area contributed by atoms with Gasteiger partial charge >= 0.3 is 6.03 Å². The molecule has 27 heavy (non-hydrogen) atoms. The summed E-state index contributed by atoms with van der Waals surface area (Å²) in [6, 6.07) is 7.12. The molecule has 0 radical (unpaired) electrons. The summed E-state index contributed by atoms with van der Waals surface area (Å²) in [5.74, 6) is 1.24. The number of unbranched alkanes of at least 4 members (excludes halogenated alkanes) is 1. The van der Waals surface area contributed by atoms with Crippen LogP contribution in [0.25, 0.3) is 11.4 Å². The second kappa shape index (κ2) is 10.6. The predicted molar refractivity (Wildman–Crippen MR) is 105 cm³/mol. The number of hydrogen-bond donors (Lipinski definition) is 2. The van der Waals surface area contributed by atoms with Gasteiger partial charge in [0.1, 0.15) is 5.75 Å². The summed E-state index contributed by atoms with van der Waals surface area (Å²) in [6.07, 6.45) is 2.00. The molecule has 2 aromatic rings. The van der Waals surface area contributed by atoms with Crippen LogP contribution in [0, 0.1) is 0 Å². The third kappa shape index (κ3) is 5.99. The summed E-state index contributed by atoms with van der Waals surface area (Å²) < 4.78 is 7.20. The molecule has 0 spiro atoms. The SMILES string of the molecule is CCCCn1c(SCC(=O)NC(=O)NCC)nnc1-c1ccc(OC)cc1. The molecule has 0 saturated carbocycles. The van der Waals surface area contributed by atoms with E-state index in [4.69, 9.17) is 4.74 Å². The molecule has 0 aliphatic carbocycles. The zero-order chi connectivity index (χ0) is 19.6. The average Bonchev–Trinajstić information content (AvgIpc) is 3.07. The maximum Gasteiger partial charge on any atom is 0.321 e. The highest BCUT2D eigenvalue weighted by Gasteiger charge is 2.16. The van der Waals surface area contributed by atoms with Crippen molar-refractivity contribution < 1.29 is 14.3 Å². The Hall–Kier alpha value is -2.55. The summed E-state index contributed by atoms with van der Waals surface area (Å²) in [5, 5.41) is 14.0. The van der Waals surface area contributed by atoms with E-state index in [0.717, 1.165) is 36.5 Å². The second-order valence-electron chi connectivity index (χ2n) is 5.74. The fraction of sp³-hybridized carbons (Fsp3) is 0.444. The number of rotatable bonds is 9. The lowest BCUT2D eigenvalue weighted by Crippen LogP contribution is -2.40. The van der Waals surface area contributed by atoms with E-state index in [9.17, 15) is 9.59 Å². The monoisotopic (exact) mass is 391 g/mol. The fourth-order valence-corrected chi connectivity index (χ4v) is 3.13. The summed E-state index contributed by atoms with van der Waals surface area (Å²) >= 11 is 1.26. The second-order valence-corrected chi connectivity index (χ2v) is 6.68. The Kier molecular flexibility index (Phi) is 8.12. The van der Waals surface area contributed by atoms with Gasteiger partial charge in [-0.2, -0.15) is 0 Å². The Bertz CT molecular complexity index is 761. The van der Waals surface area contributed by atoms with Gasteiger partial charge in [-0.1, -0.05) is 25.1 Å². The maximum atomic E-state index is 11.9. The van der Waals surface area contributed by atoms with Gasteiger partial charge in [0.25, 0.3) is 0 Å². The van der Waals surface area contributed by atoms with Crippen LogP contribution in [0.4, 0.5) is 4.79 Å². The van der Waals surface area contributed by atoms with Gasteiger partial charge in [-0.3, -0.25) is 10.1 Å². The van der Waals surface area contributed by atoms with Crippen LogP contribution in [-0.4, -0.2) is 46.1 Å². The molecule has 0 aliphatic rings. The van der Waals surface area contributed by atoms with Crippen molar-refractivity contribution >= 4 is 23.7 Å². The van der Waals surface area contributed by atoms with Crippen LogP contribution in [0.15, 0.2) is 29.4 Å². The number of ether oxygens (including phenoxy) is 1. The number of amides is 3. The first kappa shape index (κ1) is 20.8. The molecular formula is C18H25N5O3S. The van der Waals surface area contributed by atoms with Crippen LogP contribution >= 0.6 is 11.8 Å². The highest BCUT2D eigenvalue weighted by atomic mass is 32.2. The van der Waals surface area contributed by atoms with Gasteiger partial charge in [0.15, 0.2) is 11.0 Å². The molecule has 146 valence electrons. The van der Waals surface area contributed by atoms with E-state index >= 15 is 0 Å². The third-order valence-electron chi connectivity index (χ3n) is 3.72. The first-order valence-corrected chi connectivity index (χ1v) is 9.85. The normalized spacial score (nSPS) is 10.5. The van der Waals surface area contributed by atoms with E-state index in [-0.39, 0.29) is 11.7 Å². The van der Waals surface area contributed by atoms with Crippen molar-refractivity contribution in [3.05, 3.63) is 24.3 Å². The van der Waals surface area contributed by atoms with E-state index in [1.54, 1.807) is 14.0 Å². The lowest BCUT2D eigenvalue weighted by molar-refractivity contribution is -0.117. The van der Waals surface area contributed by atoms with Crippen LogP contribution in [0.5, 0.6) is 5.75 Å². The summed E-state index contributed by atoms with van der Waals surface area (Å²) in [6.45, 7) is 5.12. The minimum absolute atomic E-state index is 0.0873. The van der Waals surface area contributed by atoms with Crippen molar-refractivity contribution in [2.24, 2.45) is 0 Å². The number of methoxy groups -OCH3 is 1. The number of nitrogens with one attached hydrogen (secondary N) is 2. The Morgan fingerprint density at radius 3 is 2.56 bits per heavy atom. The lowest BCUT2D eigenvalue weighted by Gasteiger charge is -2.10. The van der Waals surface area contributed by atoms with Gasteiger partial charge in [-0.05, 0) is 37.6 Å². The van der Waals surface area contributed by atoms with E-state index in [0.29, 0.717) is 11.7 Å². The predicted octanol–water partition coefficient (Wildman–Crippen LogP) is 2.69. The Morgan fingerprint density at radius 2 is 1.93 bits per heavy atom. The molecule has 1 aromatic carbocycles. The molecule has 9 heteroatoms. The Balaban J connectivity index is 2.12. The summed E-state index contributed by atoms with van der Waals surface area (Å²) in [7, 11) is 1.62. The number of aromatic nitrogens is 3. The quantitative estimate of drug-likeness (QED) is 0.638. The Morgan fingerprint density at radius 1 is 1.19 bits per heavy atom.